The van der Waals surface area contributed by atoms with Crippen LogP contribution in [-0.4, -0.2) is 53.8 Å². The maximum absolute atomic E-state index is 11.6. The SMILES string of the molecule is COC(=O)c1ccc(N2CCN(Cc3nc(-c4cccc(C)c4)no3)C(C)C2)cc1. The van der Waals surface area contributed by atoms with Crippen molar-refractivity contribution in [3.05, 3.63) is 65.5 Å². The minimum Gasteiger partial charge on any atom is -0.465 e. The van der Waals surface area contributed by atoms with Crippen molar-refractivity contribution in [1.82, 2.24) is 15.0 Å². The number of anilines is 1. The first-order chi connectivity index (χ1) is 14.5. The number of piperazine rings is 1. The number of esters is 1. The second-order valence-corrected chi connectivity index (χ2v) is 7.69. The number of methoxy groups -OCH3 is 1. The molecule has 0 radical (unpaired) electrons. The molecule has 7 heteroatoms. The third kappa shape index (κ3) is 4.36. The van der Waals surface area contributed by atoms with Crippen LogP contribution in [0.1, 0.15) is 28.7 Å². The molecule has 1 aliphatic heterocycles. The number of nitrogens with zero attached hydrogens (tertiary/aromatic N) is 4. The van der Waals surface area contributed by atoms with E-state index in [0.29, 0.717) is 29.9 Å². The normalized spacial score (nSPS) is 17.2. The summed E-state index contributed by atoms with van der Waals surface area (Å²) in [5.41, 5.74) is 3.81. The van der Waals surface area contributed by atoms with Gasteiger partial charge in [-0.1, -0.05) is 28.9 Å². The topological polar surface area (TPSA) is 71.7 Å². The molecule has 0 spiro atoms. The highest BCUT2D eigenvalue weighted by molar-refractivity contribution is 5.89. The first kappa shape index (κ1) is 20.1. The van der Waals surface area contributed by atoms with Gasteiger partial charge in [-0.15, -0.1) is 0 Å². The van der Waals surface area contributed by atoms with E-state index in [1.807, 2.05) is 36.4 Å². The van der Waals surface area contributed by atoms with E-state index in [1.165, 1.54) is 12.7 Å². The minimum atomic E-state index is -0.315. The minimum absolute atomic E-state index is 0.315. The van der Waals surface area contributed by atoms with E-state index >= 15 is 0 Å². The maximum atomic E-state index is 11.6. The van der Waals surface area contributed by atoms with Gasteiger partial charge < -0.3 is 14.2 Å². The number of carbonyl (C=O) groups excluding carboxylic acids is 1. The Labute approximate surface area is 176 Å². The summed E-state index contributed by atoms with van der Waals surface area (Å²) >= 11 is 0. The number of carbonyl (C=O) groups is 1. The van der Waals surface area contributed by atoms with Gasteiger partial charge in [0.25, 0.3) is 0 Å². The molecule has 1 aromatic heterocycles. The Hall–Kier alpha value is -3.19. The van der Waals surface area contributed by atoms with Gasteiger partial charge in [-0.3, -0.25) is 4.90 Å². The third-order valence-corrected chi connectivity index (χ3v) is 5.50. The van der Waals surface area contributed by atoms with Gasteiger partial charge in [0.05, 0.1) is 19.2 Å². The summed E-state index contributed by atoms with van der Waals surface area (Å²) in [4.78, 5) is 20.9. The van der Waals surface area contributed by atoms with Crippen LogP contribution in [0.3, 0.4) is 0 Å². The number of hydrogen-bond donors (Lipinski definition) is 0. The fraction of sp³-hybridized carbons (Fsp3) is 0.348. The second kappa shape index (κ2) is 8.67. The van der Waals surface area contributed by atoms with Crippen LogP contribution < -0.4 is 4.90 Å². The smallest absolute Gasteiger partial charge is 0.337 e. The summed E-state index contributed by atoms with van der Waals surface area (Å²) in [5.74, 6) is 0.948. The van der Waals surface area contributed by atoms with Gasteiger partial charge in [0.15, 0.2) is 0 Å². The third-order valence-electron chi connectivity index (χ3n) is 5.50. The number of aryl methyl sites for hydroxylation is 1. The molecular formula is C23H26N4O3. The summed E-state index contributed by atoms with van der Waals surface area (Å²) in [7, 11) is 1.39. The summed E-state index contributed by atoms with van der Waals surface area (Å²) < 4.78 is 10.3. The predicted molar refractivity (Wildman–Crippen MR) is 114 cm³/mol. The molecule has 1 atom stereocenters. The Bertz CT molecular complexity index is 1020. The van der Waals surface area contributed by atoms with Crippen LogP contribution >= 0.6 is 0 Å². The van der Waals surface area contributed by atoms with Crippen molar-refractivity contribution < 1.29 is 14.1 Å². The molecule has 0 N–H and O–H groups in total. The van der Waals surface area contributed by atoms with Crippen molar-refractivity contribution in [3.8, 4) is 11.4 Å². The van der Waals surface area contributed by atoms with E-state index in [0.717, 1.165) is 30.9 Å². The lowest BCUT2D eigenvalue weighted by Crippen LogP contribution is -2.51. The summed E-state index contributed by atoms with van der Waals surface area (Å²) in [6, 6.07) is 16.0. The van der Waals surface area contributed by atoms with Gasteiger partial charge in [-0.2, -0.15) is 4.98 Å². The molecule has 2 aromatic carbocycles. The molecule has 1 saturated heterocycles. The molecule has 0 aliphatic carbocycles. The Balaban J connectivity index is 1.38. The Morgan fingerprint density at radius 1 is 1.20 bits per heavy atom. The van der Waals surface area contributed by atoms with Crippen LogP contribution in [-0.2, 0) is 11.3 Å². The molecule has 3 aromatic rings. The van der Waals surface area contributed by atoms with E-state index in [-0.39, 0.29) is 5.97 Å². The van der Waals surface area contributed by atoms with Gasteiger partial charge in [0.1, 0.15) is 0 Å². The zero-order valence-electron chi connectivity index (χ0n) is 17.5. The van der Waals surface area contributed by atoms with Gasteiger partial charge >= 0.3 is 5.97 Å². The van der Waals surface area contributed by atoms with Crippen LogP contribution in [0.25, 0.3) is 11.4 Å². The lowest BCUT2D eigenvalue weighted by Gasteiger charge is -2.40. The van der Waals surface area contributed by atoms with Crippen molar-refractivity contribution in [2.75, 3.05) is 31.6 Å². The van der Waals surface area contributed by atoms with E-state index in [9.17, 15) is 4.79 Å². The molecule has 1 aliphatic rings. The fourth-order valence-corrected chi connectivity index (χ4v) is 3.79. The molecule has 1 fully saturated rings. The molecule has 4 rings (SSSR count). The highest BCUT2D eigenvalue weighted by Gasteiger charge is 2.25. The van der Waals surface area contributed by atoms with Gasteiger partial charge in [-0.05, 0) is 44.2 Å². The van der Waals surface area contributed by atoms with E-state index in [2.05, 4.69) is 45.9 Å². The Morgan fingerprint density at radius 2 is 2.00 bits per heavy atom. The number of rotatable bonds is 5. The van der Waals surface area contributed by atoms with E-state index in [1.54, 1.807) is 0 Å². The van der Waals surface area contributed by atoms with Gasteiger partial charge in [-0.25, -0.2) is 4.79 Å². The van der Waals surface area contributed by atoms with Crippen molar-refractivity contribution in [1.29, 1.82) is 0 Å². The molecule has 0 bridgehead atoms. The highest BCUT2D eigenvalue weighted by Crippen LogP contribution is 2.22. The highest BCUT2D eigenvalue weighted by atomic mass is 16.5. The maximum Gasteiger partial charge on any atom is 0.337 e. The van der Waals surface area contributed by atoms with Gasteiger partial charge in [0, 0.05) is 36.9 Å². The first-order valence-electron chi connectivity index (χ1n) is 10.1. The largest absolute Gasteiger partial charge is 0.465 e. The molecule has 1 unspecified atom stereocenters. The fourth-order valence-electron chi connectivity index (χ4n) is 3.79. The zero-order valence-corrected chi connectivity index (χ0v) is 17.5. The monoisotopic (exact) mass is 406 g/mol. The van der Waals surface area contributed by atoms with Crippen LogP contribution in [0, 0.1) is 6.92 Å². The van der Waals surface area contributed by atoms with Crippen molar-refractivity contribution in [2.45, 2.75) is 26.4 Å². The summed E-state index contributed by atoms with van der Waals surface area (Å²) in [6.07, 6.45) is 0. The molecular weight excluding hydrogens is 380 g/mol. The molecule has 0 saturated carbocycles. The average molecular weight is 406 g/mol. The number of ether oxygens (including phenoxy) is 1. The predicted octanol–water partition coefficient (Wildman–Crippen LogP) is 3.54. The molecule has 7 nitrogen and oxygen atoms in total. The van der Waals surface area contributed by atoms with Crippen LogP contribution in [0.4, 0.5) is 5.69 Å². The van der Waals surface area contributed by atoms with Crippen molar-refractivity contribution in [2.24, 2.45) is 0 Å². The van der Waals surface area contributed by atoms with Crippen molar-refractivity contribution >= 4 is 11.7 Å². The molecule has 0 amide bonds. The number of aromatic nitrogens is 2. The number of benzene rings is 2. The lowest BCUT2D eigenvalue weighted by molar-refractivity contribution is 0.0600. The molecule has 2 heterocycles. The molecule has 30 heavy (non-hydrogen) atoms. The van der Waals surface area contributed by atoms with Crippen LogP contribution in [0.2, 0.25) is 0 Å². The average Bonchev–Trinajstić information content (AvgIpc) is 3.23. The van der Waals surface area contributed by atoms with Gasteiger partial charge in [0.2, 0.25) is 11.7 Å². The summed E-state index contributed by atoms with van der Waals surface area (Å²) in [5, 5.41) is 4.15. The molecule has 156 valence electrons. The quantitative estimate of drug-likeness (QED) is 0.600. The lowest BCUT2D eigenvalue weighted by atomic mass is 10.1. The Kier molecular flexibility index (Phi) is 5.81. The van der Waals surface area contributed by atoms with E-state index in [4.69, 9.17) is 9.26 Å². The first-order valence-corrected chi connectivity index (χ1v) is 10.1. The van der Waals surface area contributed by atoms with E-state index < -0.39 is 0 Å². The Morgan fingerprint density at radius 3 is 2.70 bits per heavy atom. The number of hydrogen-bond acceptors (Lipinski definition) is 7. The standard InChI is InChI=1S/C23H26N4O3/c1-16-5-4-6-19(13-16)22-24-21(30-25-22)15-26-11-12-27(14-17(26)2)20-9-7-18(8-10-20)23(28)29-3/h4-10,13,17H,11-12,14-15H2,1-3H3. The second-order valence-electron chi connectivity index (χ2n) is 7.69. The van der Waals surface area contributed by atoms with Crippen LogP contribution in [0.15, 0.2) is 53.1 Å². The van der Waals surface area contributed by atoms with Crippen molar-refractivity contribution in [3.63, 3.8) is 0 Å². The summed E-state index contributed by atoms with van der Waals surface area (Å²) in [6.45, 7) is 7.55. The van der Waals surface area contributed by atoms with Crippen LogP contribution in [0.5, 0.6) is 0 Å². The zero-order chi connectivity index (χ0) is 21.1.